The molecule has 0 saturated carbocycles. The summed E-state index contributed by atoms with van der Waals surface area (Å²) in [6.07, 6.45) is 0. The first-order chi connectivity index (χ1) is 8.75. The summed E-state index contributed by atoms with van der Waals surface area (Å²) in [4.78, 5) is 0. The van der Waals surface area contributed by atoms with E-state index in [4.69, 9.17) is 24.4 Å². The Labute approximate surface area is 125 Å². The minimum Gasteiger partial charge on any atom is -0.364 e. The van der Waals surface area contributed by atoms with Gasteiger partial charge in [-0.15, -0.1) is 0 Å². The Morgan fingerprint density at radius 1 is 0.842 bits per heavy atom. The number of hydrogen-bond acceptors (Lipinski definition) is 4. The average Bonchev–Trinajstić information content (AvgIpc) is 2.40. The van der Waals surface area contributed by atoms with Gasteiger partial charge in [0.1, 0.15) is 0 Å². The molecule has 0 saturated heterocycles. The predicted octanol–water partition coefficient (Wildman–Crippen LogP) is 0.952. The van der Waals surface area contributed by atoms with Crippen LogP contribution in [0, 0.1) is 5.41 Å². The minimum atomic E-state index is -0.313. The van der Waals surface area contributed by atoms with E-state index in [1.165, 1.54) is 0 Å². The number of nitrogens with zero attached hydrogens (tertiary/aromatic N) is 2. The highest BCUT2D eigenvalue weighted by Crippen LogP contribution is 2.19. The molecule has 0 heterocycles. The Kier molecular flexibility index (Phi) is 7.47. The molecule has 0 aromatic heterocycles. The van der Waals surface area contributed by atoms with Crippen molar-refractivity contribution < 1.29 is 0 Å². The number of hydrazone groups is 2. The summed E-state index contributed by atoms with van der Waals surface area (Å²) in [5.41, 5.74) is 6.94. The van der Waals surface area contributed by atoms with Crippen molar-refractivity contribution in [3.05, 3.63) is 0 Å². The van der Waals surface area contributed by atoms with Crippen molar-refractivity contribution in [2.24, 2.45) is 15.6 Å². The molecule has 0 unspecified atom stereocenters. The topological polar surface area (TPSA) is 72.8 Å². The zero-order chi connectivity index (χ0) is 15.1. The fourth-order valence-electron chi connectivity index (χ4n) is 0.922. The number of hydrogen-bond donors (Lipinski definition) is 4. The second-order valence-electron chi connectivity index (χ2n) is 4.40. The zero-order valence-corrected chi connectivity index (χ0v) is 13.8. The Morgan fingerprint density at radius 3 is 1.42 bits per heavy atom. The van der Waals surface area contributed by atoms with E-state index in [9.17, 15) is 0 Å². The van der Waals surface area contributed by atoms with Crippen molar-refractivity contribution in [2.75, 3.05) is 14.1 Å². The molecule has 6 nitrogen and oxygen atoms in total. The van der Waals surface area contributed by atoms with E-state index >= 15 is 0 Å². The standard InChI is InChI=1S/C11H22N6S2/c1-7(14-16-9(18)12-5)11(3,4)8(2)15-17-10(19)13-6/h1-6H3,(H2,12,16,18)(H2,13,17,19)/b14-7+,15-8+. The Hall–Kier alpha value is -1.28. The van der Waals surface area contributed by atoms with Crippen molar-refractivity contribution in [1.29, 1.82) is 0 Å². The van der Waals surface area contributed by atoms with Crippen LogP contribution in [0.15, 0.2) is 10.2 Å². The molecule has 108 valence electrons. The van der Waals surface area contributed by atoms with Gasteiger partial charge < -0.3 is 10.6 Å². The lowest BCUT2D eigenvalue weighted by Crippen LogP contribution is -2.37. The summed E-state index contributed by atoms with van der Waals surface area (Å²) in [7, 11) is 3.47. The van der Waals surface area contributed by atoms with Gasteiger partial charge in [0.05, 0.1) is 0 Å². The molecule has 0 atom stereocenters. The summed E-state index contributed by atoms with van der Waals surface area (Å²) < 4.78 is 0. The van der Waals surface area contributed by atoms with E-state index in [0.29, 0.717) is 10.2 Å². The van der Waals surface area contributed by atoms with E-state index in [-0.39, 0.29) is 5.41 Å². The van der Waals surface area contributed by atoms with Gasteiger partial charge in [-0.2, -0.15) is 10.2 Å². The van der Waals surface area contributed by atoms with Gasteiger partial charge >= 0.3 is 0 Å². The van der Waals surface area contributed by atoms with Crippen LogP contribution < -0.4 is 21.5 Å². The molecule has 0 aromatic carbocycles. The van der Waals surface area contributed by atoms with Crippen molar-refractivity contribution in [2.45, 2.75) is 27.7 Å². The summed E-state index contributed by atoms with van der Waals surface area (Å²) in [5, 5.41) is 15.0. The first kappa shape index (κ1) is 17.7. The highest BCUT2D eigenvalue weighted by molar-refractivity contribution is 7.80. The average molecular weight is 302 g/mol. The first-order valence-electron chi connectivity index (χ1n) is 5.80. The molecule has 0 aliphatic carbocycles. The maximum Gasteiger partial charge on any atom is 0.186 e. The molecular formula is C11H22N6S2. The molecule has 4 N–H and O–H groups in total. The molecular weight excluding hydrogens is 280 g/mol. The number of rotatable bonds is 4. The third-order valence-electron chi connectivity index (χ3n) is 2.91. The lowest BCUT2D eigenvalue weighted by atomic mass is 9.84. The normalized spacial score (nSPS) is 12.7. The molecule has 0 fully saturated rings. The summed E-state index contributed by atoms with van der Waals surface area (Å²) in [5.74, 6) is 0. The van der Waals surface area contributed by atoms with Crippen LogP contribution in [0.3, 0.4) is 0 Å². The Morgan fingerprint density at radius 2 is 1.16 bits per heavy atom. The summed E-state index contributed by atoms with van der Waals surface area (Å²) >= 11 is 9.93. The first-order valence-corrected chi connectivity index (χ1v) is 6.62. The molecule has 8 heteroatoms. The molecule has 0 aromatic rings. The minimum absolute atomic E-state index is 0.313. The van der Waals surface area contributed by atoms with E-state index in [2.05, 4.69) is 31.7 Å². The molecule has 0 rings (SSSR count). The third-order valence-corrected chi connectivity index (χ3v) is 3.50. The van der Waals surface area contributed by atoms with Gasteiger partial charge in [-0.25, -0.2) is 0 Å². The predicted molar refractivity (Wildman–Crippen MR) is 89.6 cm³/mol. The zero-order valence-electron chi connectivity index (χ0n) is 12.2. The fourth-order valence-corrected chi connectivity index (χ4v) is 1.01. The molecule has 0 radical (unpaired) electrons. The van der Waals surface area contributed by atoms with Crippen LogP contribution in [0.2, 0.25) is 0 Å². The second-order valence-corrected chi connectivity index (χ2v) is 5.22. The van der Waals surface area contributed by atoms with Crippen LogP contribution in [0.5, 0.6) is 0 Å². The smallest absolute Gasteiger partial charge is 0.186 e. The van der Waals surface area contributed by atoms with Gasteiger partial charge in [0.25, 0.3) is 0 Å². The van der Waals surface area contributed by atoms with E-state index in [1.807, 2.05) is 27.7 Å². The SMILES string of the molecule is CNC(=S)N/N=C(\C)C(C)(C)/C(C)=N/NC(=S)NC. The van der Waals surface area contributed by atoms with Crippen molar-refractivity contribution >= 4 is 46.1 Å². The van der Waals surface area contributed by atoms with E-state index in [0.717, 1.165) is 11.4 Å². The highest BCUT2D eigenvalue weighted by Gasteiger charge is 2.26. The molecule has 0 amide bonds. The van der Waals surface area contributed by atoms with E-state index in [1.54, 1.807) is 14.1 Å². The largest absolute Gasteiger partial charge is 0.364 e. The van der Waals surface area contributed by atoms with Gasteiger partial charge in [0.2, 0.25) is 0 Å². The molecule has 0 bridgehead atoms. The van der Waals surface area contributed by atoms with Crippen LogP contribution in [0.4, 0.5) is 0 Å². The van der Waals surface area contributed by atoms with Crippen molar-refractivity contribution in [1.82, 2.24) is 21.5 Å². The van der Waals surface area contributed by atoms with Crippen molar-refractivity contribution in [3.63, 3.8) is 0 Å². The Balaban J connectivity index is 4.83. The van der Waals surface area contributed by atoms with Crippen LogP contribution in [0.25, 0.3) is 0 Å². The van der Waals surface area contributed by atoms with Gasteiger partial charge in [-0.1, -0.05) is 0 Å². The van der Waals surface area contributed by atoms with Crippen molar-refractivity contribution in [3.8, 4) is 0 Å². The maximum atomic E-state index is 4.97. The lowest BCUT2D eigenvalue weighted by molar-refractivity contribution is 0.698. The van der Waals surface area contributed by atoms with Crippen LogP contribution in [-0.4, -0.2) is 35.7 Å². The molecule has 0 aliphatic heterocycles. The number of nitrogens with one attached hydrogen (secondary N) is 4. The summed E-state index contributed by atoms with van der Waals surface area (Å²) in [6, 6.07) is 0. The van der Waals surface area contributed by atoms with E-state index < -0.39 is 0 Å². The van der Waals surface area contributed by atoms with Gasteiger partial charge in [-0.3, -0.25) is 10.9 Å². The van der Waals surface area contributed by atoms with Gasteiger partial charge in [-0.05, 0) is 52.1 Å². The van der Waals surface area contributed by atoms with Gasteiger partial charge in [0, 0.05) is 30.9 Å². The molecule has 0 spiro atoms. The number of thiocarbonyl (C=S) groups is 2. The second kappa shape index (κ2) is 8.00. The maximum absolute atomic E-state index is 4.97. The Bertz CT molecular complexity index is 364. The summed E-state index contributed by atoms with van der Waals surface area (Å²) in [6.45, 7) is 7.89. The molecule has 19 heavy (non-hydrogen) atoms. The fraction of sp³-hybridized carbons (Fsp3) is 0.636. The highest BCUT2D eigenvalue weighted by atomic mass is 32.1. The lowest BCUT2D eigenvalue weighted by Gasteiger charge is -2.24. The van der Waals surface area contributed by atoms with Crippen LogP contribution in [-0.2, 0) is 0 Å². The van der Waals surface area contributed by atoms with Crippen LogP contribution in [0.1, 0.15) is 27.7 Å². The monoisotopic (exact) mass is 302 g/mol. The van der Waals surface area contributed by atoms with Gasteiger partial charge in [0.15, 0.2) is 10.2 Å². The molecule has 0 aliphatic rings. The third kappa shape index (κ3) is 5.93. The quantitative estimate of drug-likeness (QED) is 0.352. The van der Waals surface area contributed by atoms with Crippen LogP contribution >= 0.6 is 24.4 Å².